The van der Waals surface area contributed by atoms with Gasteiger partial charge in [0, 0.05) is 23.9 Å². The Kier molecular flexibility index (Phi) is 2.88. The second-order valence-corrected chi connectivity index (χ2v) is 6.25. The molecule has 0 saturated heterocycles. The minimum absolute atomic E-state index is 0.0713. The van der Waals surface area contributed by atoms with Gasteiger partial charge in [0.2, 0.25) is 0 Å². The van der Waals surface area contributed by atoms with Crippen LogP contribution >= 0.6 is 0 Å². The first-order chi connectivity index (χ1) is 10.6. The molecular weight excluding hydrogens is 280 g/mol. The van der Waals surface area contributed by atoms with Gasteiger partial charge >= 0.3 is 0 Å². The van der Waals surface area contributed by atoms with E-state index in [-0.39, 0.29) is 11.5 Å². The van der Waals surface area contributed by atoms with Crippen molar-refractivity contribution in [3.05, 3.63) is 34.6 Å². The van der Waals surface area contributed by atoms with Gasteiger partial charge in [0.05, 0.1) is 11.9 Å². The molecule has 114 valence electrons. The molecule has 7 heteroatoms. The molecule has 1 saturated carbocycles. The summed E-state index contributed by atoms with van der Waals surface area (Å²) in [7, 11) is 0. The molecule has 0 aromatic carbocycles. The number of nitrogens with one attached hydrogen (secondary N) is 1. The highest BCUT2D eigenvalue weighted by molar-refractivity contribution is 5.63. The minimum Gasteiger partial charge on any atom is -0.278 e. The third-order valence-electron chi connectivity index (χ3n) is 4.09. The van der Waals surface area contributed by atoms with Gasteiger partial charge in [-0.05, 0) is 24.7 Å². The molecule has 0 radical (unpaired) electrons. The van der Waals surface area contributed by atoms with Crippen molar-refractivity contribution in [3.63, 3.8) is 0 Å². The summed E-state index contributed by atoms with van der Waals surface area (Å²) in [6.45, 7) is 4.94. The summed E-state index contributed by atoms with van der Waals surface area (Å²) in [5, 5.41) is 7.22. The topological polar surface area (TPSA) is 80.9 Å². The van der Waals surface area contributed by atoms with Gasteiger partial charge in [-0.15, -0.1) is 0 Å². The largest absolute Gasteiger partial charge is 0.278 e. The third-order valence-corrected chi connectivity index (χ3v) is 4.09. The molecule has 3 aromatic rings. The minimum atomic E-state index is -0.0950. The van der Waals surface area contributed by atoms with Crippen molar-refractivity contribution < 1.29 is 0 Å². The smallest absolute Gasteiger partial charge is 0.278 e. The van der Waals surface area contributed by atoms with Crippen LogP contribution in [0.2, 0.25) is 0 Å². The molecule has 0 aliphatic heterocycles. The van der Waals surface area contributed by atoms with Crippen LogP contribution in [0.15, 0.2) is 23.5 Å². The summed E-state index contributed by atoms with van der Waals surface area (Å²) in [5.74, 6) is 1.21. The first-order valence-electron chi connectivity index (χ1n) is 7.62. The molecule has 0 atom stereocenters. The summed E-state index contributed by atoms with van der Waals surface area (Å²) in [6, 6.07) is 0. The van der Waals surface area contributed by atoms with Crippen molar-refractivity contribution in [2.75, 3.05) is 0 Å². The van der Waals surface area contributed by atoms with E-state index < -0.39 is 0 Å². The lowest BCUT2D eigenvalue weighted by atomic mass is 10.0. The quantitative estimate of drug-likeness (QED) is 0.796. The zero-order chi connectivity index (χ0) is 15.3. The molecule has 1 aliphatic carbocycles. The molecule has 0 bridgehead atoms. The van der Waals surface area contributed by atoms with E-state index in [9.17, 15) is 4.79 Å². The summed E-state index contributed by atoms with van der Waals surface area (Å²) in [6.07, 6.45) is 7.82. The van der Waals surface area contributed by atoms with Crippen molar-refractivity contribution in [1.29, 1.82) is 0 Å². The Morgan fingerprint density at radius 2 is 2.23 bits per heavy atom. The van der Waals surface area contributed by atoms with E-state index in [2.05, 4.69) is 20.2 Å². The fourth-order valence-electron chi connectivity index (χ4n) is 2.76. The van der Waals surface area contributed by atoms with Gasteiger partial charge in [-0.3, -0.25) is 14.6 Å². The molecule has 1 fully saturated rings. The van der Waals surface area contributed by atoms with Crippen molar-refractivity contribution in [3.8, 4) is 11.3 Å². The average molecular weight is 298 g/mol. The second-order valence-electron chi connectivity index (χ2n) is 6.25. The Hall–Kier alpha value is -2.44. The lowest BCUT2D eigenvalue weighted by Gasteiger charge is -2.09. The predicted molar refractivity (Wildman–Crippen MR) is 81.6 cm³/mol. The van der Waals surface area contributed by atoms with E-state index in [0.717, 1.165) is 18.0 Å². The normalized spacial score (nSPS) is 15.0. The Morgan fingerprint density at radius 3 is 2.95 bits per heavy atom. The van der Waals surface area contributed by atoms with Gasteiger partial charge in [-0.1, -0.05) is 13.8 Å². The highest BCUT2D eigenvalue weighted by atomic mass is 16.1. The van der Waals surface area contributed by atoms with Crippen molar-refractivity contribution >= 4 is 5.78 Å². The van der Waals surface area contributed by atoms with Crippen LogP contribution in [0.3, 0.4) is 0 Å². The summed E-state index contributed by atoms with van der Waals surface area (Å²) in [5.41, 5.74) is 2.16. The molecule has 1 aliphatic rings. The van der Waals surface area contributed by atoms with E-state index >= 15 is 0 Å². The van der Waals surface area contributed by atoms with Crippen LogP contribution in [-0.4, -0.2) is 29.4 Å². The van der Waals surface area contributed by atoms with Crippen LogP contribution < -0.4 is 5.56 Å². The summed E-state index contributed by atoms with van der Waals surface area (Å²) >= 11 is 0. The highest BCUT2D eigenvalue weighted by Gasteiger charge is 2.23. The van der Waals surface area contributed by atoms with Crippen LogP contribution in [-0.2, 0) is 6.54 Å². The molecule has 22 heavy (non-hydrogen) atoms. The Balaban J connectivity index is 1.86. The maximum absolute atomic E-state index is 12.6. The molecule has 0 spiro atoms. The first kappa shape index (κ1) is 13.2. The maximum Gasteiger partial charge on any atom is 0.278 e. The third kappa shape index (κ3) is 2.13. The highest BCUT2D eigenvalue weighted by Crippen LogP contribution is 2.31. The monoisotopic (exact) mass is 298 g/mol. The van der Waals surface area contributed by atoms with E-state index in [1.807, 2.05) is 24.7 Å². The molecular formula is C15H18N6O. The number of H-pyrrole nitrogens is 1. The lowest BCUT2D eigenvalue weighted by molar-refractivity contribution is 0.563. The number of fused-ring (bicyclic) bond motifs is 1. The van der Waals surface area contributed by atoms with Gasteiger partial charge in [0.1, 0.15) is 6.33 Å². The van der Waals surface area contributed by atoms with Gasteiger partial charge in [0.15, 0.2) is 0 Å². The molecule has 1 N–H and O–H groups in total. The molecule has 3 heterocycles. The van der Waals surface area contributed by atoms with Crippen molar-refractivity contribution in [1.82, 2.24) is 29.4 Å². The second kappa shape index (κ2) is 4.79. The first-order valence-corrected chi connectivity index (χ1v) is 7.62. The van der Waals surface area contributed by atoms with Gasteiger partial charge in [-0.25, -0.2) is 9.97 Å². The predicted octanol–water partition coefficient (Wildman–Crippen LogP) is 1.81. The Morgan fingerprint density at radius 1 is 1.41 bits per heavy atom. The maximum atomic E-state index is 12.6. The summed E-state index contributed by atoms with van der Waals surface area (Å²) in [4.78, 5) is 21.3. The number of aromatic nitrogens is 6. The molecule has 7 nitrogen and oxygen atoms in total. The van der Waals surface area contributed by atoms with Crippen LogP contribution in [0.25, 0.3) is 17.0 Å². The van der Waals surface area contributed by atoms with Crippen LogP contribution in [0, 0.1) is 5.92 Å². The molecule has 3 aromatic heterocycles. The Labute approximate surface area is 127 Å². The molecule has 0 unspecified atom stereocenters. The van der Waals surface area contributed by atoms with Gasteiger partial charge < -0.3 is 0 Å². The zero-order valence-electron chi connectivity index (χ0n) is 12.7. The fraction of sp³-hybridized carbons (Fsp3) is 0.467. The van der Waals surface area contributed by atoms with Crippen LogP contribution in [0.5, 0.6) is 0 Å². The number of nitrogens with zero attached hydrogens (tertiary/aromatic N) is 5. The SMILES string of the molecule is CC(C)c1c(-c2cnn(CC3CC3)c2)nc2nc[nH]n2c1=O. The van der Waals surface area contributed by atoms with E-state index in [0.29, 0.717) is 17.0 Å². The number of hydrogen-bond acceptors (Lipinski definition) is 4. The van der Waals surface area contributed by atoms with Crippen molar-refractivity contribution in [2.24, 2.45) is 5.92 Å². The van der Waals surface area contributed by atoms with E-state index in [1.165, 1.54) is 23.7 Å². The van der Waals surface area contributed by atoms with E-state index in [4.69, 9.17) is 0 Å². The number of hydrogen-bond donors (Lipinski definition) is 1. The molecule has 4 rings (SSSR count). The van der Waals surface area contributed by atoms with E-state index in [1.54, 1.807) is 6.20 Å². The zero-order valence-corrected chi connectivity index (χ0v) is 12.7. The standard InChI is InChI=1S/C15H18N6O/c1-9(2)12-13(19-15-16-8-18-21(15)14(12)22)11-5-17-20(7-11)6-10-3-4-10/h5,7-10H,3-4,6H2,1-2H3,(H,16,18,19). The van der Waals surface area contributed by atoms with Crippen LogP contribution in [0.1, 0.15) is 38.2 Å². The average Bonchev–Trinajstić information content (AvgIpc) is 2.99. The number of aromatic amines is 1. The lowest BCUT2D eigenvalue weighted by Crippen LogP contribution is -2.22. The summed E-state index contributed by atoms with van der Waals surface area (Å²) < 4.78 is 3.33. The Bertz CT molecular complexity index is 883. The fourth-order valence-corrected chi connectivity index (χ4v) is 2.76. The van der Waals surface area contributed by atoms with Crippen molar-refractivity contribution in [2.45, 2.75) is 39.2 Å². The van der Waals surface area contributed by atoms with Gasteiger partial charge in [0.25, 0.3) is 11.3 Å². The molecule has 0 amide bonds. The van der Waals surface area contributed by atoms with Gasteiger partial charge in [-0.2, -0.15) is 9.61 Å². The van der Waals surface area contributed by atoms with Crippen LogP contribution in [0.4, 0.5) is 0 Å². The number of rotatable bonds is 4.